The van der Waals surface area contributed by atoms with E-state index >= 15 is 0 Å². The summed E-state index contributed by atoms with van der Waals surface area (Å²) < 4.78 is 30.3. The standard InChI is InChI=1S/C39H55N2O7.HI/c1-6-7-8-9-10-11-12-13-14-15-16-19-26-47-37-35(45-4)27-32(28-36(37)46-5)30-48-39(43)41(29-31-22-24-40(2)25-23-31)38(42)33-20-17-18-21-34(33)44-3;/h17-18,20-25,27-28H,6-16,19,26,29-30H2,1-5H3;1H/q+1;/p-1. The number of amides is 2. The van der Waals surface area contributed by atoms with Gasteiger partial charge in [-0.2, -0.15) is 0 Å². The molecule has 10 heteroatoms. The molecule has 0 saturated heterocycles. The van der Waals surface area contributed by atoms with Crippen molar-refractivity contribution in [1.82, 2.24) is 4.90 Å². The first-order valence-electron chi connectivity index (χ1n) is 17.3. The minimum Gasteiger partial charge on any atom is -1.00 e. The van der Waals surface area contributed by atoms with Crippen molar-refractivity contribution in [3.8, 4) is 23.0 Å². The van der Waals surface area contributed by atoms with Crippen molar-refractivity contribution >= 4 is 12.0 Å². The van der Waals surface area contributed by atoms with E-state index in [1.807, 2.05) is 36.1 Å². The zero-order chi connectivity index (χ0) is 34.6. The number of imide groups is 1. The molecule has 0 spiro atoms. The average molecular weight is 791 g/mol. The molecule has 0 N–H and O–H groups in total. The SMILES string of the molecule is CCCCCCCCCCCCCCOc1c(OC)cc(COC(=O)N(Cc2cc[n+](C)cc2)C(=O)c2ccccc2OC)cc1OC.[I-]. The quantitative estimate of drug-likeness (QED) is 0.0745. The van der Waals surface area contributed by atoms with Crippen LogP contribution in [-0.2, 0) is 24.9 Å². The summed E-state index contributed by atoms with van der Waals surface area (Å²) in [5, 5.41) is 0. The molecule has 0 fully saturated rings. The van der Waals surface area contributed by atoms with E-state index in [1.165, 1.54) is 71.3 Å². The maximum absolute atomic E-state index is 13.6. The molecule has 1 heterocycles. The molecule has 0 bridgehead atoms. The number of nitrogens with zero attached hydrogens (tertiary/aromatic N) is 2. The number of hydrogen-bond acceptors (Lipinski definition) is 7. The summed E-state index contributed by atoms with van der Waals surface area (Å²) in [5.74, 6) is 1.33. The number of aromatic nitrogens is 1. The van der Waals surface area contributed by atoms with Gasteiger partial charge in [0.05, 0.1) is 40.0 Å². The van der Waals surface area contributed by atoms with E-state index in [1.54, 1.807) is 50.6 Å². The summed E-state index contributed by atoms with van der Waals surface area (Å²) in [4.78, 5) is 28.2. The summed E-state index contributed by atoms with van der Waals surface area (Å²) in [6.07, 6.45) is 18.2. The molecule has 3 rings (SSSR count). The van der Waals surface area contributed by atoms with Gasteiger partial charge in [0.1, 0.15) is 19.4 Å². The molecule has 270 valence electrons. The van der Waals surface area contributed by atoms with Crippen LogP contribution < -0.4 is 47.5 Å². The number of benzene rings is 2. The summed E-state index contributed by atoms with van der Waals surface area (Å²) >= 11 is 0. The number of hydrogen-bond donors (Lipinski definition) is 0. The largest absolute Gasteiger partial charge is 1.00 e. The van der Waals surface area contributed by atoms with Crippen molar-refractivity contribution in [2.45, 2.75) is 97.1 Å². The van der Waals surface area contributed by atoms with Gasteiger partial charge in [0.25, 0.3) is 5.91 Å². The van der Waals surface area contributed by atoms with Crippen molar-refractivity contribution in [3.63, 3.8) is 0 Å². The topological polar surface area (TPSA) is 87.4 Å². The summed E-state index contributed by atoms with van der Waals surface area (Å²) in [6.45, 7) is 2.73. The third-order valence-electron chi connectivity index (χ3n) is 8.32. The maximum atomic E-state index is 13.6. The molecule has 0 radical (unpaired) electrons. The first kappa shape index (κ1) is 41.6. The fourth-order valence-electron chi connectivity index (χ4n) is 5.51. The molecule has 0 aliphatic rings. The minimum absolute atomic E-state index is 0. The van der Waals surface area contributed by atoms with Gasteiger partial charge < -0.3 is 47.7 Å². The number of aryl methyl sites for hydroxylation is 1. The van der Waals surface area contributed by atoms with Crippen molar-refractivity contribution < 1.29 is 61.8 Å². The third-order valence-corrected chi connectivity index (χ3v) is 8.32. The normalized spacial score (nSPS) is 10.6. The van der Waals surface area contributed by atoms with Gasteiger partial charge in [-0.3, -0.25) is 4.79 Å². The van der Waals surface area contributed by atoms with Crippen LogP contribution in [0.1, 0.15) is 105 Å². The van der Waals surface area contributed by atoms with Crippen LogP contribution in [0.2, 0.25) is 0 Å². The van der Waals surface area contributed by atoms with Crippen LogP contribution in [0.4, 0.5) is 4.79 Å². The van der Waals surface area contributed by atoms with Gasteiger partial charge in [-0.25, -0.2) is 14.3 Å². The molecule has 9 nitrogen and oxygen atoms in total. The van der Waals surface area contributed by atoms with E-state index in [2.05, 4.69) is 6.92 Å². The lowest BCUT2D eigenvalue weighted by Crippen LogP contribution is -3.00. The van der Waals surface area contributed by atoms with E-state index in [-0.39, 0.29) is 42.7 Å². The predicted molar refractivity (Wildman–Crippen MR) is 187 cm³/mol. The first-order chi connectivity index (χ1) is 23.4. The molecule has 0 aliphatic carbocycles. The number of rotatable bonds is 22. The smallest absolute Gasteiger partial charge is 0.417 e. The molecule has 2 amide bonds. The number of methoxy groups -OCH3 is 3. The highest BCUT2D eigenvalue weighted by Gasteiger charge is 2.27. The Bertz CT molecular complexity index is 1380. The molecular weight excluding hydrogens is 735 g/mol. The highest BCUT2D eigenvalue weighted by atomic mass is 127. The summed E-state index contributed by atoms with van der Waals surface area (Å²) in [6, 6.07) is 14.0. The monoisotopic (exact) mass is 790 g/mol. The number of para-hydroxylation sites is 1. The van der Waals surface area contributed by atoms with Crippen molar-refractivity contribution in [3.05, 3.63) is 77.6 Å². The van der Waals surface area contributed by atoms with E-state index < -0.39 is 12.0 Å². The van der Waals surface area contributed by atoms with Gasteiger partial charge in [0.15, 0.2) is 23.9 Å². The van der Waals surface area contributed by atoms with E-state index in [0.717, 1.165) is 23.3 Å². The Morgan fingerprint density at radius 1 is 0.694 bits per heavy atom. The molecule has 0 unspecified atom stereocenters. The zero-order valence-corrected chi connectivity index (χ0v) is 32.2. The maximum Gasteiger partial charge on any atom is 0.417 e. The molecule has 3 aromatic rings. The number of ether oxygens (including phenoxy) is 5. The number of pyridine rings is 1. The van der Waals surface area contributed by atoms with Gasteiger partial charge >= 0.3 is 6.09 Å². The molecule has 0 atom stereocenters. The average Bonchev–Trinajstić information content (AvgIpc) is 3.11. The lowest BCUT2D eigenvalue weighted by molar-refractivity contribution is -0.671. The second kappa shape index (κ2) is 23.8. The fourth-order valence-corrected chi connectivity index (χ4v) is 5.51. The second-order valence-electron chi connectivity index (χ2n) is 12.1. The Morgan fingerprint density at radius 2 is 1.22 bits per heavy atom. The van der Waals surface area contributed by atoms with Crippen LogP contribution in [0.3, 0.4) is 0 Å². The predicted octanol–water partition coefficient (Wildman–Crippen LogP) is 5.60. The minimum atomic E-state index is -0.788. The van der Waals surface area contributed by atoms with Gasteiger partial charge in [0, 0.05) is 12.1 Å². The van der Waals surface area contributed by atoms with Crippen LogP contribution in [0.25, 0.3) is 0 Å². The van der Waals surface area contributed by atoms with Gasteiger partial charge in [-0.15, -0.1) is 0 Å². The zero-order valence-electron chi connectivity index (χ0n) is 30.0. The van der Waals surface area contributed by atoms with Crippen molar-refractivity contribution in [2.75, 3.05) is 27.9 Å². The molecule has 49 heavy (non-hydrogen) atoms. The molecule has 1 aromatic heterocycles. The van der Waals surface area contributed by atoms with Crippen LogP contribution >= 0.6 is 0 Å². The van der Waals surface area contributed by atoms with E-state index in [0.29, 0.717) is 35.2 Å². The Hall–Kier alpha value is -3.54. The third kappa shape index (κ3) is 14.1. The highest BCUT2D eigenvalue weighted by molar-refractivity contribution is 6.04. The van der Waals surface area contributed by atoms with Gasteiger partial charge in [-0.1, -0.05) is 89.7 Å². The fraction of sp³-hybridized carbons (Fsp3) is 0.513. The lowest BCUT2D eigenvalue weighted by atomic mass is 10.1. The van der Waals surface area contributed by atoms with Gasteiger partial charge in [0.2, 0.25) is 5.75 Å². The van der Waals surface area contributed by atoms with Crippen molar-refractivity contribution in [2.24, 2.45) is 7.05 Å². The van der Waals surface area contributed by atoms with Crippen LogP contribution in [0.5, 0.6) is 23.0 Å². The van der Waals surface area contributed by atoms with Gasteiger partial charge in [-0.05, 0) is 41.8 Å². The molecular formula is C39H55IN2O7. The number of halogens is 1. The second-order valence-corrected chi connectivity index (χ2v) is 12.1. The molecule has 0 saturated carbocycles. The highest BCUT2D eigenvalue weighted by Crippen LogP contribution is 2.39. The lowest BCUT2D eigenvalue weighted by Gasteiger charge is -2.22. The Kier molecular flexibility index (Phi) is 20.2. The Balaban J connectivity index is 0.00000833. The number of carbonyl (C=O) groups is 2. The Labute approximate surface area is 310 Å². The summed E-state index contributed by atoms with van der Waals surface area (Å²) in [7, 11) is 6.51. The molecule has 2 aromatic carbocycles. The molecule has 0 aliphatic heterocycles. The first-order valence-corrected chi connectivity index (χ1v) is 17.3. The van der Waals surface area contributed by atoms with E-state index in [4.69, 9.17) is 23.7 Å². The van der Waals surface area contributed by atoms with Crippen LogP contribution in [-0.4, -0.2) is 44.8 Å². The number of carbonyl (C=O) groups excluding carboxylic acids is 2. The van der Waals surface area contributed by atoms with Crippen LogP contribution in [0, 0.1) is 0 Å². The van der Waals surface area contributed by atoms with E-state index in [9.17, 15) is 9.59 Å². The van der Waals surface area contributed by atoms with Crippen LogP contribution in [0.15, 0.2) is 60.9 Å². The van der Waals surface area contributed by atoms with Crippen molar-refractivity contribution in [1.29, 1.82) is 0 Å². The summed E-state index contributed by atoms with van der Waals surface area (Å²) in [5.41, 5.74) is 1.66. The Morgan fingerprint density at radius 3 is 1.78 bits per heavy atom. The number of unbranched alkanes of at least 4 members (excludes halogenated alkanes) is 11.